The highest BCUT2D eigenvalue weighted by Gasteiger charge is 2.17. The zero-order chi connectivity index (χ0) is 20.4. The van der Waals surface area contributed by atoms with Crippen LogP contribution in [-0.2, 0) is 22.7 Å². The average molecular weight is 386 g/mol. The van der Waals surface area contributed by atoms with E-state index in [2.05, 4.69) is 10.6 Å². The maximum absolute atomic E-state index is 13.2. The number of amides is 1. The van der Waals surface area contributed by atoms with Gasteiger partial charge in [0.1, 0.15) is 24.2 Å². The molecule has 2 aromatic carbocycles. The van der Waals surface area contributed by atoms with E-state index in [1.54, 1.807) is 13.2 Å². The molecule has 2 rings (SSSR count). The maximum Gasteiger partial charge on any atom is 0.245 e. The number of allylic oxidation sites excluding steroid dienone is 2. The Balaban J connectivity index is 1.85. The third-order valence-corrected chi connectivity index (χ3v) is 4.17. The summed E-state index contributed by atoms with van der Waals surface area (Å²) in [7, 11) is 1.56. The first-order valence-electron chi connectivity index (χ1n) is 9.14. The lowest BCUT2D eigenvalue weighted by molar-refractivity contribution is -0.124. The molecule has 0 aliphatic carbocycles. The maximum atomic E-state index is 13.2. The zero-order valence-corrected chi connectivity index (χ0v) is 16.5. The molecule has 0 aliphatic heterocycles. The molecular formula is C22H27FN2O3. The second-order valence-corrected chi connectivity index (χ2v) is 6.40. The van der Waals surface area contributed by atoms with Crippen LogP contribution in [0.15, 0.2) is 60.3 Å². The van der Waals surface area contributed by atoms with E-state index in [-0.39, 0.29) is 18.3 Å². The molecule has 6 heteroatoms. The van der Waals surface area contributed by atoms with Crippen molar-refractivity contribution in [2.45, 2.75) is 33.0 Å². The Morgan fingerprint density at radius 1 is 1.18 bits per heavy atom. The summed E-state index contributed by atoms with van der Waals surface area (Å²) in [6.45, 7) is 4.78. The van der Waals surface area contributed by atoms with Crippen molar-refractivity contribution in [3.63, 3.8) is 0 Å². The van der Waals surface area contributed by atoms with Crippen molar-refractivity contribution in [2.75, 3.05) is 13.7 Å². The molecule has 150 valence electrons. The number of carbonyl (C=O) groups excluding carboxylic acids is 1. The second kappa shape index (κ2) is 11.1. The predicted molar refractivity (Wildman–Crippen MR) is 107 cm³/mol. The third-order valence-electron chi connectivity index (χ3n) is 4.17. The van der Waals surface area contributed by atoms with Gasteiger partial charge < -0.3 is 20.1 Å². The molecule has 0 radical (unpaired) electrons. The van der Waals surface area contributed by atoms with Crippen LogP contribution in [-0.4, -0.2) is 25.7 Å². The van der Waals surface area contributed by atoms with E-state index in [1.807, 2.05) is 50.3 Å². The fraction of sp³-hybridized carbons (Fsp3) is 0.318. The Hall–Kier alpha value is -2.86. The summed E-state index contributed by atoms with van der Waals surface area (Å²) in [5.41, 5.74) is 2.63. The molecule has 0 spiro atoms. The lowest BCUT2D eigenvalue weighted by atomic mass is 10.2. The molecule has 0 saturated carbocycles. The smallest absolute Gasteiger partial charge is 0.245 e. The highest BCUT2D eigenvalue weighted by molar-refractivity contribution is 5.82. The first kappa shape index (κ1) is 21.4. The Labute approximate surface area is 165 Å². The van der Waals surface area contributed by atoms with Crippen molar-refractivity contribution < 1.29 is 18.7 Å². The molecule has 0 aliphatic rings. The van der Waals surface area contributed by atoms with Gasteiger partial charge in [0.15, 0.2) is 0 Å². The van der Waals surface area contributed by atoms with Crippen molar-refractivity contribution in [1.82, 2.24) is 10.6 Å². The Morgan fingerprint density at radius 2 is 1.93 bits per heavy atom. The average Bonchev–Trinajstić information content (AvgIpc) is 2.70. The molecule has 1 atom stereocenters. The van der Waals surface area contributed by atoms with Crippen molar-refractivity contribution in [1.29, 1.82) is 0 Å². The van der Waals surface area contributed by atoms with Crippen molar-refractivity contribution in [3.05, 3.63) is 77.2 Å². The number of hydrogen-bond acceptors (Lipinski definition) is 4. The van der Waals surface area contributed by atoms with Crippen LogP contribution in [0, 0.1) is 5.82 Å². The molecule has 1 amide bonds. The van der Waals surface area contributed by atoms with Gasteiger partial charge in [-0.25, -0.2) is 4.39 Å². The minimum atomic E-state index is -0.449. The molecule has 0 saturated heterocycles. The second-order valence-electron chi connectivity index (χ2n) is 6.40. The van der Waals surface area contributed by atoms with Crippen LogP contribution >= 0.6 is 0 Å². The number of rotatable bonds is 10. The monoisotopic (exact) mass is 386 g/mol. The third kappa shape index (κ3) is 7.04. The van der Waals surface area contributed by atoms with Gasteiger partial charge in [-0.05, 0) is 49.2 Å². The largest absolute Gasteiger partial charge is 0.489 e. The summed E-state index contributed by atoms with van der Waals surface area (Å²) in [6, 6.07) is 13.3. The molecule has 5 nitrogen and oxygen atoms in total. The van der Waals surface area contributed by atoms with Crippen LogP contribution in [0.25, 0.3) is 0 Å². The van der Waals surface area contributed by atoms with E-state index in [0.717, 1.165) is 16.8 Å². The zero-order valence-electron chi connectivity index (χ0n) is 16.5. The van der Waals surface area contributed by atoms with Gasteiger partial charge in [0.2, 0.25) is 5.91 Å². The number of nitrogens with one attached hydrogen (secondary N) is 2. The SMILES string of the molecule is C/C=C(/C)N[C@H](COC)C(=O)NCc1ccc(OCc2cccc(F)c2)cc1. The number of halogens is 1. The van der Waals surface area contributed by atoms with E-state index < -0.39 is 6.04 Å². The standard InChI is InChI=1S/C22H27FN2O3/c1-4-16(2)25-21(15-27-3)22(26)24-13-17-8-10-20(11-9-17)28-14-18-6-5-7-19(23)12-18/h4-12,21,25H,13-15H2,1-3H3,(H,24,26)/b16-4-/t21-/m1/s1. The molecule has 0 fully saturated rings. The molecule has 0 bridgehead atoms. The van der Waals surface area contributed by atoms with E-state index in [4.69, 9.17) is 9.47 Å². The van der Waals surface area contributed by atoms with Gasteiger partial charge in [-0.1, -0.05) is 30.3 Å². The van der Waals surface area contributed by atoms with Gasteiger partial charge in [0, 0.05) is 19.4 Å². The van der Waals surface area contributed by atoms with Crippen molar-refractivity contribution in [2.24, 2.45) is 0 Å². The van der Waals surface area contributed by atoms with E-state index in [1.165, 1.54) is 12.1 Å². The van der Waals surface area contributed by atoms with Crippen LogP contribution in [0.3, 0.4) is 0 Å². The summed E-state index contributed by atoms with van der Waals surface area (Å²) in [4.78, 5) is 12.4. The van der Waals surface area contributed by atoms with Gasteiger partial charge >= 0.3 is 0 Å². The molecule has 0 heterocycles. The first-order valence-corrected chi connectivity index (χ1v) is 9.14. The van der Waals surface area contributed by atoms with Crippen LogP contribution < -0.4 is 15.4 Å². The lowest BCUT2D eigenvalue weighted by Gasteiger charge is -2.19. The van der Waals surface area contributed by atoms with Crippen LogP contribution in [0.1, 0.15) is 25.0 Å². The summed E-state index contributed by atoms with van der Waals surface area (Å²) >= 11 is 0. The molecule has 0 aromatic heterocycles. The number of methoxy groups -OCH3 is 1. The van der Waals surface area contributed by atoms with Gasteiger partial charge in [-0.15, -0.1) is 0 Å². The van der Waals surface area contributed by atoms with Gasteiger partial charge in [0.25, 0.3) is 0 Å². The molecule has 2 N–H and O–H groups in total. The van der Waals surface area contributed by atoms with Gasteiger partial charge in [-0.3, -0.25) is 4.79 Å². The predicted octanol–water partition coefficient (Wildman–Crippen LogP) is 3.55. The fourth-order valence-corrected chi connectivity index (χ4v) is 2.52. The summed E-state index contributed by atoms with van der Waals surface area (Å²) in [5.74, 6) is 0.273. The van der Waals surface area contributed by atoms with Gasteiger partial charge in [0.05, 0.1) is 6.61 Å². The quantitative estimate of drug-likeness (QED) is 0.656. The minimum Gasteiger partial charge on any atom is -0.489 e. The fourth-order valence-electron chi connectivity index (χ4n) is 2.52. The first-order chi connectivity index (χ1) is 13.5. The number of hydrogen-bond donors (Lipinski definition) is 2. The van der Waals surface area contributed by atoms with Crippen LogP contribution in [0.5, 0.6) is 5.75 Å². The molecule has 28 heavy (non-hydrogen) atoms. The molecule has 0 unspecified atom stereocenters. The Morgan fingerprint density at radius 3 is 2.57 bits per heavy atom. The van der Waals surface area contributed by atoms with Crippen LogP contribution in [0.2, 0.25) is 0 Å². The van der Waals surface area contributed by atoms with E-state index in [0.29, 0.717) is 18.9 Å². The Kier molecular flexibility index (Phi) is 8.49. The Bertz CT molecular complexity index is 791. The minimum absolute atomic E-state index is 0.130. The summed E-state index contributed by atoms with van der Waals surface area (Å²) in [6.07, 6.45) is 1.90. The van der Waals surface area contributed by atoms with E-state index in [9.17, 15) is 9.18 Å². The number of ether oxygens (including phenoxy) is 2. The summed E-state index contributed by atoms with van der Waals surface area (Å²) < 4.78 is 24.0. The van der Waals surface area contributed by atoms with Crippen LogP contribution in [0.4, 0.5) is 4.39 Å². The highest BCUT2D eigenvalue weighted by atomic mass is 19.1. The lowest BCUT2D eigenvalue weighted by Crippen LogP contribution is -2.46. The van der Waals surface area contributed by atoms with Crippen molar-refractivity contribution >= 4 is 5.91 Å². The number of benzene rings is 2. The van der Waals surface area contributed by atoms with E-state index >= 15 is 0 Å². The van der Waals surface area contributed by atoms with Gasteiger partial charge in [-0.2, -0.15) is 0 Å². The summed E-state index contributed by atoms with van der Waals surface area (Å²) in [5, 5.41) is 6.03. The number of carbonyl (C=O) groups is 1. The van der Waals surface area contributed by atoms with Crippen molar-refractivity contribution in [3.8, 4) is 5.75 Å². The normalized spacial score (nSPS) is 12.4. The molecular weight excluding hydrogens is 359 g/mol. The highest BCUT2D eigenvalue weighted by Crippen LogP contribution is 2.15. The topological polar surface area (TPSA) is 59.6 Å². The molecule has 2 aromatic rings.